The molecule has 2 nitrogen and oxygen atoms in total. The number of hydrogen-bond donors (Lipinski definition) is 0. The maximum atomic E-state index is 4.72. The Kier molecular flexibility index (Phi) is 3.05. The van der Waals surface area contributed by atoms with Crippen LogP contribution in [0.4, 0.5) is 0 Å². The van der Waals surface area contributed by atoms with Crippen molar-refractivity contribution in [1.82, 2.24) is 4.98 Å². The van der Waals surface area contributed by atoms with Crippen molar-refractivity contribution in [3.05, 3.63) is 59.9 Å². The largest absolute Gasteiger partial charge is 0.287 e. The second-order valence-corrected chi connectivity index (χ2v) is 9.14. The van der Waals surface area contributed by atoms with E-state index < -0.39 is 0 Å². The van der Waals surface area contributed by atoms with Crippen molar-refractivity contribution in [2.75, 3.05) is 6.66 Å². The summed E-state index contributed by atoms with van der Waals surface area (Å²) in [6, 6.07) is 15.8. The summed E-state index contributed by atoms with van der Waals surface area (Å²) in [5, 5.41) is 7.00. The molecular formula is C22H20N2P+. The Morgan fingerprint density at radius 3 is 2.64 bits per heavy atom. The lowest BCUT2D eigenvalue weighted by molar-refractivity contribution is -0.662. The van der Waals surface area contributed by atoms with Crippen LogP contribution in [0.15, 0.2) is 48.8 Å². The van der Waals surface area contributed by atoms with Gasteiger partial charge in [-0.3, -0.25) is 0 Å². The average molecular weight is 343 g/mol. The van der Waals surface area contributed by atoms with Gasteiger partial charge in [-0.1, -0.05) is 30.3 Å². The van der Waals surface area contributed by atoms with Crippen molar-refractivity contribution < 1.29 is 4.57 Å². The van der Waals surface area contributed by atoms with Gasteiger partial charge in [-0.05, 0) is 78.1 Å². The Labute approximate surface area is 148 Å². The molecule has 2 heterocycles. The maximum Gasteiger partial charge on any atom is 0.287 e. The molecule has 0 fully saturated rings. The van der Waals surface area contributed by atoms with Gasteiger partial charge in [0, 0.05) is 5.56 Å². The van der Waals surface area contributed by atoms with Gasteiger partial charge in [0.15, 0.2) is 5.52 Å². The summed E-state index contributed by atoms with van der Waals surface area (Å²) in [6.07, 6.45) is 1.96. The molecule has 25 heavy (non-hydrogen) atoms. The van der Waals surface area contributed by atoms with Crippen LogP contribution in [0.2, 0.25) is 0 Å². The van der Waals surface area contributed by atoms with E-state index in [9.17, 15) is 0 Å². The Hall–Kier alpha value is -2.31. The first kappa shape index (κ1) is 15.0. The van der Waals surface area contributed by atoms with E-state index in [2.05, 4.69) is 74.6 Å². The van der Waals surface area contributed by atoms with Gasteiger partial charge in [0.05, 0.1) is 12.4 Å². The molecule has 5 rings (SSSR count). The van der Waals surface area contributed by atoms with Crippen LogP contribution in [-0.2, 0) is 7.05 Å². The number of rotatable bonds is 0. The molecule has 1 aliphatic heterocycles. The molecule has 0 spiro atoms. The first-order chi connectivity index (χ1) is 12.1. The van der Waals surface area contributed by atoms with Crippen LogP contribution < -0.4 is 15.2 Å². The van der Waals surface area contributed by atoms with E-state index in [1.165, 1.54) is 49.2 Å². The predicted molar refractivity (Wildman–Crippen MR) is 107 cm³/mol. The zero-order valence-corrected chi connectivity index (χ0v) is 15.9. The van der Waals surface area contributed by atoms with Gasteiger partial charge in [0.25, 0.3) is 6.33 Å². The Morgan fingerprint density at radius 1 is 1.00 bits per heavy atom. The Bertz CT molecular complexity index is 1190. The monoisotopic (exact) mass is 343 g/mol. The molecule has 1 unspecified atom stereocenters. The maximum absolute atomic E-state index is 4.72. The van der Waals surface area contributed by atoms with E-state index in [1.807, 2.05) is 6.33 Å². The van der Waals surface area contributed by atoms with Gasteiger partial charge < -0.3 is 0 Å². The van der Waals surface area contributed by atoms with Crippen LogP contribution >= 0.6 is 7.92 Å². The number of aromatic nitrogens is 2. The molecule has 0 aliphatic carbocycles. The molecule has 122 valence electrons. The minimum Gasteiger partial charge on any atom is -0.232 e. The molecule has 4 aromatic rings. The summed E-state index contributed by atoms with van der Waals surface area (Å²) < 4.78 is 2.20. The molecule has 3 aromatic carbocycles. The third-order valence-electron chi connectivity index (χ3n) is 5.45. The normalized spacial score (nSPS) is 15.6. The van der Waals surface area contributed by atoms with Crippen molar-refractivity contribution in [2.45, 2.75) is 13.8 Å². The summed E-state index contributed by atoms with van der Waals surface area (Å²) in [7, 11) is 1.73. The van der Waals surface area contributed by atoms with E-state index in [0.29, 0.717) is 0 Å². The first-order valence-electron chi connectivity index (χ1n) is 8.61. The summed E-state index contributed by atoms with van der Waals surface area (Å²) in [6.45, 7) is 6.84. The minimum atomic E-state index is -0.384. The summed E-state index contributed by atoms with van der Waals surface area (Å²) in [4.78, 5) is 4.72. The Morgan fingerprint density at radius 2 is 1.80 bits per heavy atom. The van der Waals surface area contributed by atoms with E-state index in [0.717, 1.165) is 5.52 Å². The molecule has 0 bridgehead atoms. The number of aryl methyl sites for hydroxylation is 3. The van der Waals surface area contributed by atoms with E-state index in [1.54, 1.807) is 0 Å². The smallest absolute Gasteiger partial charge is 0.232 e. The van der Waals surface area contributed by atoms with Crippen LogP contribution in [0.3, 0.4) is 0 Å². The summed E-state index contributed by atoms with van der Waals surface area (Å²) in [5.41, 5.74) is 6.54. The highest BCUT2D eigenvalue weighted by Crippen LogP contribution is 2.45. The lowest BCUT2D eigenvalue weighted by Gasteiger charge is -2.27. The molecule has 1 aliphatic rings. The third kappa shape index (κ3) is 1.95. The molecule has 1 atom stereocenters. The zero-order valence-electron chi connectivity index (χ0n) is 15.0. The van der Waals surface area contributed by atoms with Crippen LogP contribution in [0.1, 0.15) is 11.1 Å². The molecule has 0 radical (unpaired) electrons. The standard InChI is InChI=1S/C22H20N2P/c1-13-9-17-21-18(10-13)25(4)19-11-15-7-5-6-8-16(15)14(2)20(19)22(21)24(3)12-23-17/h5-12H,1-4H3/q+1. The van der Waals surface area contributed by atoms with E-state index in [-0.39, 0.29) is 7.92 Å². The summed E-state index contributed by atoms with van der Waals surface area (Å²) >= 11 is 0. The van der Waals surface area contributed by atoms with Crippen molar-refractivity contribution in [3.63, 3.8) is 0 Å². The van der Waals surface area contributed by atoms with Crippen LogP contribution in [0.5, 0.6) is 0 Å². The fourth-order valence-corrected chi connectivity index (χ4v) is 6.40. The van der Waals surface area contributed by atoms with Gasteiger partial charge in [-0.25, -0.2) is 4.57 Å². The first-order valence-corrected chi connectivity index (χ1v) is 10.4. The molecule has 0 N–H and O–H groups in total. The van der Waals surface area contributed by atoms with Crippen molar-refractivity contribution >= 4 is 40.2 Å². The molecule has 3 heteroatoms. The average Bonchev–Trinajstić information content (AvgIpc) is 2.61. The van der Waals surface area contributed by atoms with Crippen molar-refractivity contribution in [3.8, 4) is 11.3 Å². The highest BCUT2D eigenvalue weighted by atomic mass is 31.1. The molecule has 0 saturated carbocycles. The van der Waals surface area contributed by atoms with Gasteiger partial charge in [-0.15, -0.1) is 0 Å². The van der Waals surface area contributed by atoms with E-state index in [4.69, 9.17) is 4.98 Å². The molecule has 0 saturated heterocycles. The van der Waals surface area contributed by atoms with Gasteiger partial charge in [0.1, 0.15) is 5.69 Å². The topological polar surface area (TPSA) is 16.8 Å². The Balaban J connectivity index is 2.05. The number of nitrogens with zero attached hydrogens (tertiary/aromatic N) is 2. The lowest BCUT2D eigenvalue weighted by atomic mass is 9.95. The van der Waals surface area contributed by atoms with Crippen LogP contribution in [0.25, 0.3) is 32.9 Å². The summed E-state index contributed by atoms with van der Waals surface area (Å²) in [5.74, 6) is 0. The third-order valence-corrected chi connectivity index (χ3v) is 7.60. The fraction of sp³-hybridized carbons (Fsp3) is 0.182. The number of fused-ring (bicyclic) bond motifs is 3. The number of hydrogen-bond acceptors (Lipinski definition) is 1. The number of benzene rings is 3. The fourth-order valence-electron chi connectivity index (χ4n) is 4.25. The van der Waals surface area contributed by atoms with E-state index >= 15 is 0 Å². The van der Waals surface area contributed by atoms with Gasteiger partial charge in [0.2, 0.25) is 0 Å². The molecule has 0 amide bonds. The lowest BCUT2D eigenvalue weighted by Crippen LogP contribution is -2.37. The quantitative estimate of drug-likeness (QED) is 0.350. The highest BCUT2D eigenvalue weighted by Gasteiger charge is 2.31. The highest BCUT2D eigenvalue weighted by molar-refractivity contribution is 7.73. The van der Waals surface area contributed by atoms with Crippen molar-refractivity contribution in [2.24, 2.45) is 7.05 Å². The molecular weight excluding hydrogens is 323 g/mol. The second-order valence-electron chi connectivity index (χ2n) is 7.06. The molecule has 1 aromatic heterocycles. The van der Waals surface area contributed by atoms with Gasteiger partial charge in [-0.2, -0.15) is 0 Å². The predicted octanol–water partition coefficient (Wildman–Crippen LogP) is 3.87. The SMILES string of the molecule is Cc1cc2c3c([n+](C)cnc3c1)-c1c(cc3ccccc3c1C)P2C. The second kappa shape index (κ2) is 5.09. The van der Waals surface area contributed by atoms with Gasteiger partial charge >= 0.3 is 0 Å². The zero-order chi connectivity index (χ0) is 17.3. The van der Waals surface area contributed by atoms with Crippen molar-refractivity contribution in [1.29, 1.82) is 0 Å². The van der Waals surface area contributed by atoms with Crippen LogP contribution in [0, 0.1) is 13.8 Å². The minimum absolute atomic E-state index is 0.384. The van der Waals surface area contributed by atoms with Crippen LogP contribution in [-0.4, -0.2) is 11.6 Å².